The molecular weight excluding hydrogens is 117 g/mol. The molecule has 0 rings (SSSR count). The quantitative estimate of drug-likeness (QED) is 0.623. The monoisotopic (exact) mass is 133 g/mol. The Morgan fingerprint density at radius 1 is 1.33 bits per heavy atom. The molecule has 0 aliphatic rings. The summed E-state index contributed by atoms with van der Waals surface area (Å²) in [4.78, 5) is 0. The lowest BCUT2D eigenvalue weighted by Crippen LogP contribution is -2.30. The molecule has 0 amide bonds. The Morgan fingerprint density at radius 3 is 1.89 bits per heavy atom. The average Bonchev–Trinajstić information content (AvgIpc) is 1.63. The van der Waals surface area contributed by atoms with Crippen LogP contribution in [-0.2, 0) is 0 Å². The Bertz CT molecular complexity index is 71.3. The van der Waals surface area contributed by atoms with Gasteiger partial charge in [0.05, 0.1) is 0 Å². The van der Waals surface area contributed by atoms with Crippen LogP contribution in [0.25, 0.3) is 0 Å². The van der Waals surface area contributed by atoms with Crippen molar-refractivity contribution < 1.29 is 4.39 Å². The largest absolute Gasteiger partial charge is 0.325 e. The second-order valence-corrected chi connectivity index (χ2v) is 2.97. The molecule has 2 unspecified atom stereocenters. The molecule has 0 spiro atoms. The summed E-state index contributed by atoms with van der Waals surface area (Å²) in [6.45, 7) is 5.59. The van der Waals surface area contributed by atoms with Crippen molar-refractivity contribution in [1.29, 1.82) is 0 Å². The van der Waals surface area contributed by atoms with E-state index in [0.717, 1.165) is 6.42 Å². The van der Waals surface area contributed by atoms with E-state index in [1.54, 1.807) is 0 Å². The van der Waals surface area contributed by atoms with Crippen molar-refractivity contribution in [2.75, 3.05) is 0 Å². The summed E-state index contributed by atoms with van der Waals surface area (Å²) in [5, 5.41) is 0. The molecule has 0 saturated heterocycles. The van der Waals surface area contributed by atoms with Gasteiger partial charge in [-0.1, -0.05) is 13.8 Å². The van der Waals surface area contributed by atoms with Gasteiger partial charge in [0, 0.05) is 6.04 Å². The molecule has 0 heterocycles. The highest BCUT2D eigenvalue weighted by Crippen LogP contribution is 2.07. The van der Waals surface area contributed by atoms with Gasteiger partial charge >= 0.3 is 0 Å². The molecule has 2 N–H and O–H groups in total. The summed E-state index contributed by atoms with van der Waals surface area (Å²) in [6, 6.07) is -0.273. The minimum absolute atomic E-state index is 0.273. The van der Waals surface area contributed by atoms with E-state index in [0.29, 0.717) is 5.92 Å². The van der Waals surface area contributed by atoms with Gasteiger partial charge in [-0.15, -0.1) is 0 Å². The Morgan fingerprint density at radius 2 is 1.78 bits per heavy atom. The van der Waals surface area contributed by atoms with E-state index in [9.17, 15) is 4.39 Å². The highest BCUT2D eigenvalue weighted by Gasteiger charge is 2.11. The standard InChI is InChI=1S/C7H16FN/c1-5(2)4-7(9)6(3)8/h5-7H,4,9H2,1-3H3. The van der Waals surface area contributed by atoms with E-state index in [1.807, 2.05) is 13.8 Å². The van der Waals surface area contributed by atoms with E-state index in [4.69, 9.17) is 5.73 Å². The number of nitrogens with two attached hydrogens (primary N) is 1. The molecule has 0 aliphatic carbocycles. The first-order chi connectivity index (χ1) is 4.04. The van der Waals surface area contributed by atoms with Gasteiger partial charge in [0.25, 0.3) is 0 Å². The summed E-state index contributed by atoms with van der Waals surface area (Å²) in [7, 11) is 0. The molecule has 0 aliphatic heterocycles. The lowest BCUT2D eigenvalue weighted by molar-refractivity contribution is 0.278. The minimum Gasteiger partial charge on any atom is -0.325 e. The average molecular weight is 133 g/mol. The van der Waals surface area contributed by atoms with Gasteiger partial charge in [-0.05, 0) is 19.3 Å². The van der Waals surface area contributed by atoms with Crippen molar-refractivity contribution in [3.05, 3.63) is 0 Å². The third-order valence-electron chi connectivity index (χ3n) is 1.33. The second kappa shape index (κ2) is 3.83. The molecule has 0 aromatic heterocycles. The van der Waals surface area contributed by atoms with Crippen LogP contribution in [0, 0.1) is 5.92 Å². The van der Waals surface area contributed by atoms with E-state index >= 15 is 0 Å². The Balaban J connectivity index is 3.38. The van der Waals surface area contributed by atoms with Crippen LogP contribution in [0.1, 0.15) is 27.2 Å². The Kier molecular flexibility index (Phi) is 3.78. The zero-order valence-electron chi connectivity index (χ0n) is 6.39. The van der Waals surface area contributed by atoms with Crippen molar-refractivity contribution in [3.8, 4) is 0 Å². The normalized spacial score (nSPS) is 18.0. The fraction of sp³-hybridized carbons (Fsp3) is 1.00. The lowest BCUT2D eigenvalue weighted by atomic mass is 10.0. The smallest absolute Gasteiger partial charge is 0.112 e. The minimum atomic E-state index is -0.868. The van der Waals surface area contributed by atoms with Crippen LogP contribution in [0.4, 0.5) is 4.39 Å². The van der Waals surface area contributed by atoms with E-state index in [-0.39, 0.29) is 6.04 Å². The van der Waals surface area contributed by atoms with Crippen LogP contribution in [0.5, 0.6) is 0 Å². The highest BCUT2D eigenvalue weighted by molar-refractivity contribution is 4.68. The van der Waals surface area contributed by atoms with Gasteiger partial charge < -0.3 is 5.73 Å². The molecule has 2 heteroatoms. The van der Waals surface area contributed by atoms with Crippen LogP contribution in [0.15, 0.2) is 0 Å². The molecule has 0 saturated carbocycles. The number of rotatable bonds is 3. The Hall–Kier alpha value is -0.110. The predicted molar refractivity (Wildman–Crippen MR) is 38.0 cm³/mol. The zero-order chi connectivity index (χ0) is 7.44. The van der Waals surface area contributed by atoms with E-state index < -0.39 is 6.17 Å². The molecule has 9 heavy (non-hydrogen) atoms. The van der Waals surface area contributed by atoms with Gasteiger partial charge in [-0.3, -0.25) is 0 Å². The summed E-state index contributed by atoms with van der Waals surface area (Å²) >= 11 is 0. The van der Waals surface area contributed by atoms with Crippen LogP contribution in [-0.4, -0.2) is 12.2 Å². The number of alkyl halides is 1. The SMILES string of the molecule is CC(C)CC(N)C(C)F. The molecule has 0 radical (unpaired) electrons. The molecule has 56 valence electrons. The maximum atomic E-state index is 12.3. The highest BCUT2D eigenvalue weighted by atomic mass is 19.1. The molecule has 0 fully saturated rings. The summed E-state index contributed by atoms with van der Waals surface area (Å²) < 4.78 is 12.3. The van der Waals surface area contributed by atoms with Gasteiger partial charge in [0.1, 0.15) is 6.17 Å². The van der Waals surface area contributed by atoms with Gasteiger partial charge in [-0.2, -0.15) is 0 Å². The van der Waals surface area contributed by atoms with Crippen LogP contribution in [0.3, 0.4) is 0 Å². The van der Waals surface area contributed by atoms with Crippen molar-refractivity contribution in [3.63, 3.8) is 0 Å². The van der Waals surface area contributed by atoms with Crippen LogP contribution >= 0.6 is 0 Å². The number of hydrogen-bond acceptors (Lipinski definition) is 1. The third kappa shape index (κ3) is 4.40. The van der Waals surface area contributed by atoms with E-state index in [2.05, 4.69) is 0 Å². The first-order valence-electron chi connectivity index (χ1n) is 3.43. The summed E-state index contributed by atoms with van der Waals surface area (Å²) in [6.07, 6.45) is -0.0927. The molecule has 1 nitrogen and oxygen atoms in total. The fourth-order valence-corrected chi connectivity index (χ4v) is 0.732. The molecule has 2 atom stereocenters. The maximum absolute atomic E-state index is 12.3. The summed E-state index contributed by atoms with van der Waals surface area (Å²) in [5.74, 6) is 0.498. The van der Waals surface area contributed by atoms with Crippen LogP contribution < -0.4 is 5.73 Å². The van der Waals surface area contributed by atoms with Gasteiger partial charge in [0.2, 0.25) is 0 Å². The molecule has 0 aromatic carbocycles. The summed E-state index contributed by atoms with van der Waals surface area (Å²) in [5.41, 5.74) is 5.44. The van der Waals surface area contributed by atoms with Gasteiger partial charge in [0.15, 0.2) is 0 Å². The first-order valence-corrected chi connectivity index (χ1v) is 3.43. The maximum Gasteiger partial charge on any atom is 0.112 e. The van der Waals surface area contributed by atoms with Gasteiger partial charge in [-0.25, -0.2) is 4.39 Å². The lowest BCUT2D eigenvalue weighted by Gasteiger charge is -2.14. The van der Waals surface area contributed by atoms with Crippen molar-refractivity contribution in [2.24, 2.45) is 11.7 Å². The zero-order valence-corrected chi connectivity index (χ0v) is 6.39. The fourth-order valence-electron chi connectivity index (χ4n) is 0.732. The van der Waals surface area contributed by atoms with Crippen molar-refractivity contribution in [2.45, 2.75) is 39.4 Å². The predicted octanol–water partition coefficient (Wildman–Crippen LogP) is 1.72. The van der Waals surface area contributed by atoms with Crippen molar-refractivity contribution >= 4 is 0 Å². The molecular formula is C7H16FN. The third-order valence-corrected chi connectivity index (χ3v) is 1.33. The second-order valence-electron chi connectivity index (χ2n) is 2.97. The molecule has 0 bridgehead atoms. The van der Waals surface area contributed by atoms with E-state index in [1.165, 1.54) is 6.92 Å². The number of halogens is 1. The Labute approximate surface area is 56.4 Å². The first kappa shape index (κ1) is 8.89. The van der Waals surface area contributed by atoms with Crippen LogP contribution in [0.2, 0.25) is 0 Å². The topological polar surface area (TPSA) is 26.0 Å². The number of hydrogen-bond donors (Lipinski definition) is 1. The van der Waals surface area contributed by atoms with Crippen molar-refractivity contribution in [1.82, 2.24) is 0 Å². The molecule has 0 aromatic rings.